The summed E-state index contributed by atoms with van der Waals surface area (Å²) in [4.78, 5) is 25.3. The van der Waals surface area contributed by atoms with Gasteiger partial charge in [0.25, 0.3) is 5.91 Å². The van der Waals surface area contributed by atoms with Gasteiger partial charge in [-0.2, -0.15) is 0 Å². The van der Waals surface area contributed by atoms with Crippen LogP contribution in [0.2, 0.25) is 0 Å². The van der Waals surface area contributed by atoms with Crippen molar-refractivity contribution in [2.24, 2.45) is 0 Å². The van der Waals surface area contributed by atoms with E-state index in [-0.39, 0.29) is 5.91 Å². The lowest BCUT2D eigenvalue weighted by molar-refractivity contribution is 0.0948. The summed E-state index contributed by atoms with van der Waals surface area (Å²) >= 11 is 0. The molecular formula is C12H14N2O4. The first-order valence-electron chi connectivity index (χ1n) is 5.61. The molecule has 2 N–H and O–H groups in total. The molecule has 0 aliphatic rings. The Kier molecular flexibility index (Phi) is 3.78. The van der Waals surface area contributed by atoms with Gasteiger partial charge < -0.3 is 14.5 Å². The molecule has 0 spiro atoms. The van der Waals surface area contributed by atoms with Crippen LogP contribution >= 0.6 is 0 Å². The van der Waals surface area contributed by atoms with Gasteiger partial charge in [0, 0.05) is 25.8 Å². The molecule has 18 heavy (non-hydrogen) atoms. The van der Waals surface area contributed by atoms with Gasteiger partial charge in [-0.25, -0.2) is 4.79 Å². The number of nitrogens with one attached hydrogen (secondary N) is 2. The fourth-order valence-electron chi connectivity index (χ4n) is 1.61. The van der Waals surface area contributed by atoms with E-state index in [1.807, 2.05) is 0 Å². The molecule has 6 heteroatoms. The quantitative estimate of drug-likeness (QED) is 0.772. The van der Waals surface area contributed by atoms with Gasteiger partial charge in [-0.1, -0.05) is 0 Å². The lowest BCUT2D eigenvalue weighted by Crippen LogP contribution is -2.25. The number of hydrogen-bond donors (Lipinski definition) is 2. The smallest absolute Gasteiger partial charge is 0.408 e. The third kappa shape index (κ3) is 2.78. The van der Waals surface area contributed by atoms with Gasteiger partial charge in [0.2, 0.25) is 0 Å². The maximum absolute atomic E-state index is 11.8. The predicted molar refractivity (Wildman–Crippen MR) is 65.7 cm³/mol. The Balaban J connectivity index is 2.05. The number of aromatic nitrogens is 1. The van der Waals surface area contributed by atoms with Crippen LogP contribution in [0, 0.1) is 0 Å². The van der Waals surface area contributed by atoms with Crippen molar-refractivity contribution in [3.8, 4) is 0 Å². The highest BCUT2D eigenvalue weighted by Crippen LogP contribution is 2.12. The van der Waals surface area contributed by atoms with Gasteiger partial charge in [-0.15, -0.1) is 0 Å². The van der Waals surface area contributed by atoms with Crippen molar-refractivity contribution in [3.63, 3.8) is 0 Å². The summed E-state index contributed by atoms with van der Waals surface area (Å²) < 4.78 is 9.78. The number of aromatic amines is 1. The Morgan fingerprint density at radius 1 is 1.50 bits per heavy atom. The number of carbonyl (C=O) groups is 1. The Labute approximate surface area is 103 Å². The summed E-state index contributed by atoms with van der Waals surface area (Å²) in [5.74, 6) is -0.723. The van der Waals surface area contributed by atoms with Gasteiger partial charge in [0.05, 0.1) is 5.52 Å². The van der Waals surface area contributed by atoms with Crippen molar-refractivity contribution >= 4 is 17.0 Å². The maximum atomic E-state index is 11.8. The summed E-state index contributed by atoms with van der Waals surface area (Å²) in [6.07, 6.45) is 0.754. The highest BCUT2D eigenvalue weighted by Gasteiger charge is 2.08. The molecular weight excluding hydrogens is 236 g/mol. The van der Waals surface area contributed by atoms with E-state index in [4.69, 9.17) is 9.15 Å². The summed E-state index contributed by atoms with van der Waals surface area (Å²) in [7, 11) is 1.61. The molecule has 1 heterocycles. The average molecular weight is 250 g/mol. The molecule has 1 aromatic carbocycles. The number of oxazole rings is 1. The first-order valence-corrected chi connectivity index (χ1v) is 5.61. The van der Waals surface area contributed by atoms with E-state index < -0.39 is 5.76 Å². The Hall–Kier alpha value is -2.08. The number of rotatable bonds is 5. The van der Waals surface area contributed by atoms with Crippen molar-refractivity contribution < 1.29 is 13.9 Å². The predicted octanol–water partition coefficient (Wildman–Crippen LogP) is 0.887. The van der Waals surface area contributed by atoms with Crippen molar-refractivity contribution in [2.75, 3.05) is 20.3 Å². The molecule has 0 unspecified atom stereocenters. The van der Waals surface area contributed by atoms with Crippen LogP contribution < -0.4 is 11.1 Å². The van der Waals surface area contributed by atoms with Crippen molar-refractivity contribution in [1.29, 1.82) is 0 Å². The molecule has 0 saturated carbocycles. The van der Waals surface area contributed by atoms with Crippen LogP contribution in [0.15, 0.2) is 27.4 Å². The number of benzene rings is 1. The number of carbonyl (C=O) groups excluding carboxylic acids is 1. The van der Waals surface area contributed by atoms with E-state index in [1.165, 1.54) is 0 Å². The van der Waals surface area contributed by atoms with Crippen molar-refractivity contribution in [3.05, 3.63) is 34.3 Å². The van der Waals surface area contributed by atoms with E-state index in [0.29, 0.717) is 29.8 Å². The minimum Gasteiger partial charge on any atom is -0.408 e. The fourth-order valence-corrected chi connectivity index (χ4v) is 1.61. The number of amides is 1. The van der Waals surface area contributed by atoms with E-state index in [9.17, 15) is 9.59 Å². The van der Waals surface area contributed by atoms with Crippen LogP contribution in [0.25, 0.3) is 11.1 Å². The van der Waals surface area contributed by atoms with Gasteiger partial charge in [-0.05, 0) is 24.6 Å². The third-order valence-corrected chi connectivity index (χ3v) is 2.49. The first-order chi connectivity index (χ1) is 8.70. The number of hydrogen-bond acceptors (Lipinski definition) is 4. The molecule has 0 saturated heterocycles. The normalized spacial score (nSPS) is 10.7. The van der Waals surface area contributed by atoms with Crippen LogP contribution in [0.5, 0.6) is 0 Å². The summed E-state index contributed by atoms with van der Waals surface area (Å²) in [6.45, 7) is 1.15. The minimum absolute atomic E-state index is 0.197. The highest BCUT2D eigenvalue weighted by molar-refractivity contribution is 5.96. The van der Waals surface area contributed by atoms with E-state index >= 15 is 0 Å². The zero-order chi connectivity index (χ0) is 13.0. The number of methoxy groups -OCH3 is 1. The molecule has 1 amide bonds. The minimum atomic E-state index is -0.525. The van der Waals surface area contributed by atoms with Gasteiger partial charge in [0.1, 0.15) is 0 Å². The lowest BCUT2D eigenvalue weighted by Gasteiger charge is -2.04. The SMILES string of the molecule is COCCCNC(=O)c1ccc2[nH]c(=O)oc2c1. The lowest BCUT2D eigenvalue weighted by atomic mass is 10.2. The molecule has 0 aliphatic heterocycles. The average Bonchev–Trinajstić information content (AvgIpc) is 2.73. The van der Waals surface area contributed by atoms with E-state index in [2.05, 4.69) is 10.3 Å². The molecule has 96 valence electrons. The Morgan fingerprint density at radius 2 is 2.33 bits per heavy atom. The summed E-state index contributed by atoms with van der Waals surface area (Å²) in [6, 6.07) is 4.82. The largest absolute Gasteiger partial charge is 0.417 e. The summed E-state index contributed by atoms with van der Waals surface area (Å²) in [5.41, 5.74) is 1.42. The molecule has 2 rings (SSSR count). The Morgan fingerprint density at radius 3 is 3.11 bits per heavy atom. The standard InChI is InChI=1S/C12H14N2O4/c1-17-6-2-5-13-11(15)8-3-4-9-10(7-8)18-12(16)14-9/h3-4,7H,2,5-6H2,1H3,(H,13,15)(H,14,16). The second-order valence-corrected chi connectivity index (χ2v) is 3.83. The van der Waals surface area contributed by atoms with Crippen LogP contribution in [0.4, 0.5) is 0 Å². The first kappa shape index (κ1) is 12.4. The zero-order valence-corrected chi connectivity index (χ0v) is 9.99. The topological polar surface area (TPSA) is 84.3 Å². The molecule has 6 nitrogen and oxygen atoms in total. The van der Waals surface area contributed by atoms with Crippen molar-refractivity contribution in [1.82, 2.24) is 10.3 Å². The highest BCUT2D eigenvalue weighted by atomic mass is 16.5. The second-order valence-electron chi connectivity index (χ2n) is 3.83. The molecule has 0 fully saturated rings. The maximum Gasteiger partial charge on any atom is 0.417 e. The van der Waals surface area contributed by atoms with E-state index in [0.717, 1.165) is 6.42 Å². The number of H-pyrrole nitrogens is 1. The number of ether oxygens (including phenoxy) is 1. The second kappa shape index (κ2) is 5.50. The molecule has 0 atom stereocenters. The van der Waals surface area contributed by atoms with Crippen LogP contribution in [-0.2, 0) is 4.74 Å². The van der Waals surface area contributed by atoms with Crippen LogP contribution in [0.1, 0.15) is 16.8 Å². The monoisotopic (exact) mass is 250 g/mol. The molecule has 0 bridgehead atoms. The molecule has 0 aliphatic carbocycles. The molecule has 2 aromatic rings. The van der Waals surface area contributed by atoms with Crippen LogP contribution in [0.3, 0.4) is 0 Å². The van der Waals surface area contributed by atoms with Gasteiger partial charge >= 0.3 is 5.76 Å². The third-order valence-electron chi connectivity index (χ3n) is 2.49. The van der Waals surface area contributed by atoms with Crippen LogP contribution in [-0.4, -0.2) is 31.2 Å². The van der Waals surface area contributed by atoms with Crippen molar-refractivity contribution in [2.45, 2.75) is 6.42 Å². The van der Waals surface area contributed by atoms with Gasteiger partial charge in [0.15, 0.2) is 5.58 Å². The Bertz CT molecular complexity index is 599. The van der Waals surface area contributed by atoms with E-state index in [1.54, 1.807) is 25.3 Å². The fraction of sp³-hybridized carbons (Fsp3) is 0.333. The molecule has 0 radical (unpaired) electrons. The molecule has 1 aromatic heterocycles. The number of fused-ring (bicyclic) bond motifs is 1. The summed E-state index contributed by atoms with van der Waals surface area (Å²) in [5, 5.41) is 2.76. The van der Waals surface area contributed by atoms with Gasteiger partial charge in [-0.3, -0.25) is 9.78 Å². The zero-order valence-electron chi connectivity index (χ0n) is 9.99.